The highest BCUT2D eigenvalue weighted by atomic mass is 16.5. The summed E-state index contributed by atoms with van der Waals surface area (Å²) >= 11 is 0. The number of ether oxygens (including phenoxy) is 2. The van der Waals surface area contributed by atoms with Gasteiger partial charge in [0.2, 0.25) is 0 Å². The highest BCUT2D eigenvalue weighted by molar-refractivity contribution is 6.09. The number of aryl methyl sites for hydroxylation is 1. The molecule has 1 N–H and O–H groups in total. The van der Waals surface area contributed by atoms with Gasteiger partial charge in [-0.1, -0.05) is 48.5 Å². The molecule has 2 bridgehead atoms. The van der Waals surface area contributed by atoms with Crippen molar-refractivity contribution >= 4 is 16.7 Å². The first-order valence-electron chi connectivity index (χ1n) is 15.0. The molecule has 0 amide bonds. The highest BCUT2D eigenvalue weighted by Crippen LogP contribution is 2.77. The second kappa shape index (κ2) is 7.23. The van der Waals surface area contributed by atoms with E-state index in [1.165, 1.54) is 27.9 Å². The molecule has 1 saturated heterocycles. The van der Waals surface area contributed by atoms with Gasteiger partial charge in [0.05, 0.1) is 29.3 Å². The second-order valence-electron chi connectivity index (χ2n) is 13.4. The SMILES string of the molecule is COc1ccc2c3c1O[C@H]1c4c(c5cccc6c5n4CCC6=O)CC4(O)[C@@H]5N(CCc6ccccc6)C[C@]5(C2)C[C@]314. The van der Waals surface area contributed by atoms with Gasteiger partial charge in [-0.05, 0) is 48.1 Å². The Hall–Kier alpha value is -3.61. The van der Waals surface area contributed by atoms with Crippen molar-refractivity contribution in [2.75, 3.05) is 20.2 Å². The summed E-state index contributed by atoms with van der Waals surface area (Å²) in [4.78, 5) is 15.6. The molecule has 3 aliphatic carbocycles. The number of nitrogens with zero attached hydrogens (tertiary/aromatic N) is 2. The third-order valence-corrected chi connectivity index (χ3v) is 11.7. The Balaban J connectivity index is 1.21. The van der Waals surface area contributed by atoms with Gasteiger partial charge in [0.25, 0.3) is 0 Å². The largest absolute Gasteiger partial charge is 0.493 e. The van der Waals surface area contributed by atoms with Crippen LogP contribution < -0.4 is 9.47 Å². The van der Waals surface area contributed by atoms with Crippen LogP contribution in [0.3, 0.4) is 0 Å². The van der Waals surface area contributed by atoms with E-state index >= 15 is 0 Å². The number of hydrogen-bond donors (Lipinski definition) is 1. The monoisotopic (exact) mass is 544 g/mol. The van der Waals surface area contributed by atoms with Gasteiger partial charge >= 0.3 is 0 Å². The summed E-state index contributed by atoms with van der Waals surface area (Å²) in [5, 5.41) is 14.5. The van der Waals surface area contributed by atoms with Crippen LogP contribution in [0.4, 0.5) is 0 Å². The number of aromatic nitrogens is 1. The van der Waals surface area contributed by atoms with Gasteiger partial charge in [0.15, 0.2) is 23.4 Å². The quantitative estimate of drug-likeness (QED) is 0.401. The number of ketones is 1. The molecule has 5 atom stereocenters. The normalized spacial score (nSPS) is 33.2. The van der Waals surface area contributed by atoms with Crippen molar-refractivity contribution in [2.24, 2.45) is 5.41 Å². The first-order chi connectivity index (χ1) is 20.0. The fourth-order valence-electron chi connectivity index (χ4n) is 10.6. The van der Waals surface area contributed by atoms with E-state index in [0.29, 0.717) is 19.4 Å². The molecule has 6 heteroatoms. The third-order valence-electron chi connectivity index (χ3n) is 11.7. The van der Waals surface area contributed by atoms with Crippen molar-refractivity contribution in [3.8, 4) is 11.5 Å². The fourth-order valence-corrected chi connectivity index (χ4v) is 10.6. The first kappa shape index (κ1) is 23.0. The lowest BCUT2D eigenvalue weighted by atomic mass is 9.57. The van der Waals surface area contributed by atoms with Crippen LogP contribution >= 0.6 is 0 Å². The number of likely N-dealkylation sites (tertiary alicyclic amines) is 1. The van der Waals surface area contributed by atoms with E-state index in [0.717, 1.165) is 60.3 Å². The Morgan fingerprint density at radius 2 is 1.95 bits per heavy atom. The van der Waals surface area contributed by atoms with E-state index < -0.39 is 11.0 Å². The minimum absolute atomic E-state index is 0.0263. The lowest BCUT2D eigenvalue weighted by Crippen LogP contribution is -2.71. The van der Waals surface area contributed by atoms with Crippen LogP contribution in [0.2, 0.25) is 0 Å². The Bertz CT molecular complexity index is 1840. The lowest BCUT2D eigenvalue weighted by Gasteiger charge is -2.58. The Morgan fingerprint density at radius 1 is 1.07 bits per heavy atom. The molecule has 1 unspecified atom stereocenters. The Kier molecular flexibility index (Phi) is 4.06. The maximum absolute atomic E-state index is 13.4. The van der Waals surface area contributed by atoms with Crippen LogP contribution in [-0.4, -0.2) is 52.2 Å². The molecule has 2 spiro atoms. The molecular weight excluding hydrogens is 512 g/mol. The number of fused-ring (bicyclic) bond motifs is 5. The maximum atomic E-state index is 13.4. The summed E-state index contributed by atoms with van der Waals surface area (Å²) in [6, 6.07) is 21.1. The fraction of sp³-hybridized carbons (Fsp3) is 0.400. The van der Waals surface area contributed by atoms with Gasteiger partial charge < -0.3 is 19.1 Å². The summed E-state index contributed by atoms with van der Waals surface area (Å²) in [6.45, 7) is 2.60. The Labute approximate surface area is 238 Å². The molecule has 1 aromatic heterocycles. The zero-order chi connectivity index (χ0) is 27.3. The van der Waals surface area contributed by atoms with Crippen LogP contribution in [0, 0.1) is 5.41 Å². The minimum Gasteiger partial charge on any atom is -0.493 e. The molecule has 4 heterocycles. The molecule has 2 fully saturated rings. The van der Waals surface area contributed by atoms with Crippen LogP contribution in [0.5, 0.6) is 11.5 Å². The van der Waals surface area contributed by atoms with Crippen LogP contribution in [-0.2, 0) is 31.2 Å². The van der Waals surface area contributed by atoms with Crippen molar-refractivity contribution < 1.29 is 19.4 Å². The zero-order valence-electron chi connectivity index (χ0n) is 23.2. The molecule has 10 rings (SSSR count). The predicted molar refractivity (Wildman–Crippen MR) is 154 cm³/mol. The van der Waals surface area contributed by atoms with E-state index in [2.05, 4.69) is 58.0 Å². The predicted octanol–water partition coefficient (Wildman–Crippen LogP) is 4.77. The van der Waals surface area contributed by atoms with Crippen LogP contribution in [0.1, 0.15) is 57.3 Å². The Morgan fingerprint density at radius 3 is 2.80 bits per heavy atom. The van der Waals surface area contributed by atoms with E-state index in [-0.39, 0.29) is 23.3 Å². The minimum atomic E-state index is -0.990. The van der Waals surface area contributed by atoms with E-state index in [1.807, 2.05) is 12.1 Å². The smallest absolute Gasteiger partial charge is 0.166 e. The number of Topliss-reactive ketones (excluding diaryl/α,β-unsaturated/α-hetero) is 1. The molecule has 1 saturated carbocycles. The number of aliphatic hydroxyl groups is 1. The molecule has 3 aliphatic heterocycles. The number of carbonyl (C=O) groups excluding carboxylic acids is 1. The average Bonchev–Trinajstić information content (AvgIpc) is 3.53. The summed E-state index contributed by atoms with van der Waals surface area (Å²) in [5.41, 5.74) is 6.49. The molecule has 206 valence electrons. The van der Waals surface area contributed by atoms with Gasteiger partial charge in [-0.3, -0.25) is 9.69 Å². The summed E-state index contributed by atoms with van der Waals surface area (Å²) in [7, 11) is 1.71. The molecule has 41 heavy (non-hydrogen) atoms. The van der Waals surface area contributed by atoms with E-state index in [1.54, 1.807) is 7.11 Å². The molecular formula is C35H32N2O4. The topological polar surface area (TPSA) is 63.9 Å². The van der Waals surface area contributed by atoms with Gasteiger partial charge in [0.1, 0.15) is 0 Å². The number of methoxy groups -OCH3 is 1. The molecule has 4 aromatic rings. The van der Waals surface area contributed by atoms with Crippen LogP contribution in [0.15, 0.2) is 60.7 Å². The van der Waals surface area contributed by atoms with E-state index in [9.17, 15) is 9.90 Å². The van der Waals surface area contributed by atoms with E-state index in [4.69, 9.17) is 9.47 Å². The zero-order valence-corrected chi connectivity index (χ0v) is 23.2. The number of para-hydroxylation sites is 1. The second-order valence-corrected chi connectivity index (χ2v) is 13.4. The lowest BCUT2D eigenvalue weighted by molar-refractivity contribution is -0.154. The molecule has 3 aromatic carbocycles. The van der Waals surface area contributed by atoms with Gasteiger partial charge in [-0.2, -0.15) is 0 Å². The molecule has 0 radical (unpaired) electrons. The van der Waals surface area contributed by atoms with Crippen molar-refractivity contribution in [3.63, 3.8) is 0 Å². The number of hydrogen-bond acceptors (Lipinski definition) is 5. The van der Waals surface area contributed by atoms with Gasteiger partial charge in [0, 0.05) is 60.4 Å². The maximum Gasteiger partial charge on any atom is 0.166 e. The summed E-state index contributed by atoms with van der Waals surface area (Å²) < 4.78 is 15.3. The molecule has 6 aliphatic rings. The van der Waals surface area contributed by atoms with Crippen LogP contribution in [0.25, 0.3) is 10.9 Å². The molecule has 6 nitrogen and oxygen atoms in total. The first-order valence-corrected chi connectivity index (χ1v) is 15.0. The number of rotatable bonds is 4. The highest BCUT2D eigenvalue weighted by Gasteiger charge is 2.83. The van der Waals surface area contributed by atoms with Crippen molar-refractivity contribution in [1.82, 2.24) is 9.47 Å². The van der Waals surface area contributed by atoms with Crippen molar-refractivity contribution in [1.29, 1.82) is 0 Å². The number of benzene rings is 3. The number of carbonyl (C=O) groups is 1. The summed E-state index contributed by atoms with van der Waals surface area (Å²) in [6.07, 6.45) is 3.63. The standard InChI is InChI=1S/C35H32N2O4/c1-40-26-11-10-21-16-33-18-34-27(21)30(26)41-31(34)29-24(22-8-5-9-23-25(38)13-15-37(29)28(22)23)17-35(34,39)32(33)36(19-33)14-12-20-6-3-2-4-7-20/h2-11,31-32,39H,12-19H2,1H3/t31-,32+,33-,34-,35?/m0/s1. The van der Waals surface area contributed by atoms with Crippen molar-refractivity contribution in [3.05, 3.63) is 94.2 Å². The van der Waals surface area contributed by atoms with Gasteiger partial charge in [-0.15, -0.1) is 0 Å². The average molecular weight is 545 g/mol. The van der Waals surface area contributed by atoms with Gasteiger partial charge in [-0.25, -0.2) is 0 Å². The third kappa shape index (κ3) is 2.42. The summed E-state index contributed by atoms with van der Waals surface area (Å²) in [5.74, 6) is 1.77. The van der Waals surface area contributed by atoms with Crippen molar-refractivity contribution in [2.45, 2.75) is 61.8 Å².